The average molecular weight is 245 g/mol. The van der Waals surface area contributed by atoms with E-state index in [1.165, 1.54) is 6.39 Å². The summed E-state index contributed by atoms with van der Waals surface area (Å²) in [5.41, 5.74) is 2.63. The van der Waals surface area contributed by atoms with Gasteiger partial charge in [-0.1, -0.05) is 6.92 Å². The molecule has 1 amide bonds. The Hall–Kier alpha value is -2.17. The summed E-state index contributed by atoms with van der Waals surface area (Å²) < 4.78 is 5.12. The van der Waals surface area contributed by atoms with Gasteiger partial charge in [0.15, 0.2) is 0 Å². The number of hydrogen-bond donors (Lipinski definition) is 1. The fourth-order valence-electron chi connectivity index (χ4n) is 1.68. The van der Waals surface area contributed by atoms with Crippen molar-refractivity contribution in [3.63, 3.8) is 0 Å². The summed E-state index contributed by atoms with van der Waals surface area (Å²) in [7, 11) is 0. The molecule has 5 nitrogen and oxygen atoms in total. The molecule has 0 bridgehead atoms. The first-order valence-electron chi connectivity index (χ1n) is 5.87. The van der Waals surface area contributed by atoms with E-state index >= 15 is 0 Å². The maximum absolute atomic E-state index is 11.5. The number of carbonyl (C=O) groups is 1. The molecule has 0 fully saturated rings. The van der Waals surface area contributed by atoms with Gasteiger partial charge in [0.05, 0.1) is 0 Å². The zero-order valence-corrected chi connectivity index (χ0v) is 10.4. The molecule has 5 heteroatoms. The number of nitrogens with one attached hydrogen (secondary N) is 1. The summed E-state index contributed by atoms with van der Waals surface area (Å²) in [4.78, 5) is 11.5. The lowest BCUT2D eigenvalue weighted by molar-refractivity contribution is -0.116. The number of hydrogen-bond acceptors (Lipinski definition) is 4. The van der Waals surface area contributed by atoms with Gasteiger partial charge in [-0.25, -0.2) is 0 Å². The highest BCUT2D eigenvalue weighted by molar-refractivity contribution is 5.91. The van der Waals surface area contributed by atoms with Crippen LogP contribution in [0.4, 0.5) is 5.69 Å². The summed E-state index contributed by atoms with van der Waals surface area (Å²) in [5.74, 6) is 0.510. The standard InChI is InChI=1S/C13H15N3O2/c1-3-4-12(17)15-11-6-5-10(7-9(11)2)13-16-14-8-18-13/h5-8H,3-4H2,1-2H3,(H,15,17). The molecule has 0 aliphatic carbocycles. The van der Waals surface area contributed by atoms with E-state index in [1.807, 2.05) is 32.0 Å². The smallest absolute Gasteiger partial charge is 0.247 e. The van der Waals surface area contributed by atoms with Crippen molar-refractivity contribution in [1.82, 2.24) is 10.2 Å². The predicted octanol–water partition coefficient (Wildman–Crippen LogP) is 2.78. The van der Waals surface area contributed by atoms with E-state index in [-0.39, 0.29) is 5.91 Å². The Labute approximate surface area is 105 Å². The lowest BCUT2D eigenvalue weighted by Crippen LogP contribution is -2.11. The van der Waals surface area contributed by atoms with Gasteiger partial charge in [0.25, 0.3) is 0 Å². The van der Waals surface area contributed by atoms with Crippen LogP contribution in [0.1, 0.15) is 25.3 Å². The molecule has 0 radical (unpaired) electrons. The summed E-state index contributed by atoms with van der Waals surface area (Å²) in [6.45, 7) is 3.91. The molecule has 0 aliphatic heterocycles. The molecule has 1 aromatic carbocycles. The number of nitrogens with zero attached hydrogens (tertiary/aromatic N) is 2. The van der Waals surface area contributed by atoms with Gasteiger partial charge in [0, 0.05) is 17.7 Å². The Morgan fingerprint density at radius 2 is 2.28 bits per heavy atom. The highest BCUT2D eigenvalue weighted by atomic mass is 16.4. The van der Waals surface area contributed by atoms with Gasteiger partial charge in [-0.15, -0.1) is 10.2 Å². The summed E-state index contributed by atoms with van der Waals surface area (Å²) >= 11 is 0. The minimum absolute atomic E-state index is 0.0335. The van der Waals surface area contributed by atoms with Crippen LogP contribution in [0.2, 0.25) is 0 Å². The molecule has 1 heterocycles. The van der Waals surface area contributed by atoms with Crippen LogP contribution in [0.3, 0.4) is 0 Å². The number of aromatic nitrogens is 2. The van der Waals surface area contributed by atoms with Gasteiger partial charge in [0.2, 0.25) is 18.2 Å². The fourth-order valence-corrected chi connectivity index (χ4v) is 1.68. The largest absolute Gasteiger partial charge is 0.423 e. The van der Waals surface area contributed by atoms with Crippen LogP contribution in [-0.4, -0.2) is 16.1 Å². The van der Waals surface area contributed by atoms with Gasteiger partial charge in [-0.05, 0) is 37.1 Å². The second-order valence-corrected chi connectivity index (χ2v) is 4.07. The normalized spacial score (nSPS) is 10.3. The Morgan fingerprint density at radius 3 is 2.89 bits per heavy atom. The maximum atomic E-state index is 11.5. The number of carbonyl (C=O) groups excluding carboxylic acids is 1. The third-order valence-corrected chi connectivity index (χ3v) is 2.58. The van der Waals surface area contributed by atoms with E-state index in [1.54, 1.807) is 0 Å². The first kappa shape index (κ1) is 12.3. The Balaban J connectivity index is 2.18. The van der Waals surface area contributed by atoms with Crippen LogP contribution in [0, 0.1) is 6.92 Å². The number of rotatable bonds is 4. The van der Waals surface area contributed by atoms with Crippen LogP contribution in [0.25, 0.3) is 11.5 Å². The lowest BCUT2D eigenvalue weighted by Gasteiger charge is -2.08. The monoisotopic (exact) mass is 245 g/mol. The highest BCUT2D eigenvalue weighted by Crippen LogP contribution is 2.23. The summed E-state index contributed by atoms with van der Waals surface area (Å²) in [6.07, 6.45) is 2.66. The Morgan fingerprint density at radius 1 is 1.44 bits per heavy atom. The molecule has 1 aromatic heterocycles. The molecule has 2 rings (SSSR count). The zero-order valence-electron chi connectivity index (χ0n) is 10.4. The molecule has 1 N–H and O–H groups in total. The molecule has 0 saturated heterocycles. The lowest BCUT2D eigenvalue weighted by atomic mass is 10.1. The molecule has 0 aliphatic rings. The van der Waals surface area contributed by atoms with Crippen molar-refractivity contribution >= 4 is 11.6 Å². The topological polar surface area (TPSA) is 68.0 Å². The van der Waals surface area contributed by atoms with Crippen molar-refractivity contribution < 1.29 is 9.21 Å². The van der Waals surface area contributed by atoms with Gasteiger partial charge in [-0.3, -0.25) is 4.79 Å². The number of anilines is 1. The van der Waals surface area contributed by atoms with Crippen LogP contribution in [0.5, 0.6) is 0 Å². The first-order valence-corrected chi connectivity index (χ1v) is 5.87. The number of aryl methyl sites for hydroxylation is 1. The second-order valence-electron chi connectivity index (χ2n) is 4.07. The van der Waals surface area contributed by atoms with E-state index in [2.05, 4.69) is 15.5 Å². The molecule has 0 unspecified atom stereocenters. The second kappa shape index (κ2) is 5.44. The van der Waals surface area contributed by atoms with Crippen molar-refractivity contribution in [2.24, 2.45) is 0 Å². The zero-order chi connectivity index (χ0) is 13.0. The molecule has 0 spiro atoms. The van der Waals surface area contributed by atoms with Gasteiger partial charge in [0.1, 0.15) is 0 Å². The van der Waals surface area contributed by atoms with Crippen molar-refractivity contribution in [2.45, 2.75) is 26.7 Å². The van der Waals surface area contributed by atoms with E-state index in [0.717, 1.165) is 23.2 Å². The maximum Gasteiger partial charge on any atom is 0.247 e. The highest BCUT2D eigenvalue weighted by Gasteiger charge is 2.08. The molecular weight excluding hydrogens is 230 g/mol. The van der Waals surface area contributed by atoms with Crippen LogP contribution < -0.4 is 5.32 Å². The number of amides is 1. The minimum atomic E-state index is 0.0335. The van der Waals surface area contributed by atoms with Crippen LogP contribution >= 0.6 is 0 Å². The molecule has 0 saturated carbocycles. The molecule has 94 valence electrons. The minimum Gasteiger partial charge on any atom is -0.423 e. The van der Waals surface area contributed by atoms with E-state index < -0.39 is 0 Å². The van der Waals surface area contributed by atoms with Crippen molar-refractivity contribution in [1.29, 1.82) is 0 Å². The predicted molar refractivity (Wildman–Crippen MR) is 68.0 cm³/mol. The van der Waals surface area contributed by atoms with Gasteiger partial charge >= 0.3 is 0 Å². The Bertz CT molecular complexity index is 535. The van der Waals surface area contributed by atoms with Crippen molar-refractivity contribution in [2.75, 3.05) is 5.32 Å². The quantitative estimate of drug-likeness (QED) is 0.899. The molecular formula is C13H15N3O2. The summed E-state index contributed by atoms with van der Waals surface area (Å²) in [6, 6.07) is 5.61. The fraction of sp³-hybridized carbons (Fsp3) is 0.308. The molecule has 2 aromatic rings. The number of benzene rings is 1. The van der Waals surface area contributed by atoms with E-state index in [9.17, 15) is 4.79 Å². The van der Waals surface area contributed by atoms with Crippen LogP contribution in [-0.2, 0) is 4.79 Å². The Kier molecular flexibility index (Phi) is 3.72. The van der Waals surface area contributed by atoms with E-state index in [0.29, 0.717) is 12.3 Å². The van der Waals surface area contributed by atoms with Crippen molar-refractivity contribution in [3.8, 4) is 11.5 Å². The average Bonchev–Trinajstić information content (AvgIpc) is 2.85. The molecule has 0 atom stereocenters. The molecule has 18 heavy (non-hydrogen) atoms. The SMILES string of the molecule is CCCC(=O)Nc1ccc(-c2nnco2)cc1C. The van der Waals surface area contributed by atoms with E-state index in [4.69, 9.17) is 4.42 Å². The van der Waals surface area contributed by atoms with Crippen LogP contribution in [0.15, 0.2) is 29.0 Å². The van der Waals surface area contributed by atoms with Gasteiger partial charge in [-0.2, -0.15) is 0 Å². The first-order chi connectivity index (χ1) is 8.70. The third-order valence-electron chi connectivity index (χ3n) is 2.58. The van der Waals surface area contributed by atoms with Gasteiger partial charge < -0.3 is 9.73 Å². The third kappa shape index (κ3) is 2.74. The summed E-state index contributed by atoms with van der Waals surface area (Å²) in [5, 5.41) is 10.4. The van der Waals surface area contributed by atoms with Crippen molar-refractivity contribution in [3.05, 3.63) is 30.2 Å².